The Bertz CT molecular complexity index is 582. The van der Waals surface area contributed by atoms with Crippen LogP contribution in [0.3, 0.4) is 0 Å². The molecule has 20 heavy (non-hydrogen) atoms. The van der Waals surface area contributed by atoms with E-state index < -0.39 is 5.54 Å². The number of hydrogen-bond donors (Lipinski definition) is 0. The molecule has 0 heterocycles. The predicted octanol–water partition coefficient (Wildman–Crippen LogP) is 4.81. The van der Waals surface area contributed by atoms with Crippen LogP contribution in [0.4, 0.5) is 5.69 Å². The highest BCUT2D eigenvalue weighted by atomic mass is 16.5. The molecule has 0 saturated carbocycles. The summed E-state index contributed by atoms with van der Waals surface area (Å²) in [7, 11) is 0. The summed E-state index contributed by atoms with van der Waals surface area (Å²) in [5.41, 5.74) is 2.43. The molecule has 2 rings (SSSR count). The van der Waals surface area contributed by atoms with Gasteiger partial charge in [-0.3, -0.25) is 0 Å². The molecule has 0 N–H and O–H groups in total. The molecule has 2 aromatic carbocycles. The average Bonchev–Trinajstić information content (AvgIpc) is 2.45. The smallest absolute Gasteiger partial charge is 0.0679 e. The Hall–Kier alpha value is -2.06. The first-order chi connectivity index (χ1) is 9.47. The zero-order valence-corrected chi connectivity index (χ0v) is 12.2. The first-order valence-corrected chi connectivity index (χ1v) is 6.77. The molecule has 2 nitrogen and oxygen atoms in total. The maximum absolute atomic E-state index is 12.2. The maximum Gasteiger partial charge on any atom is 0.0679 e. The van der Waals surface area contributed by atoms with Crippen molar-refractivity contribution in [2.75, 3.05) is 5.06 Å². The first-order valence-electron chi connectivity index (χ1n) is 6.77. The fourth-order valence-corrected chi connectivity index (χ4v) is 1.90. The fourth-order valence-electron chi connectivity index (χ4n) is 1.90. The van der Waals surface area contributed by atoms with Gasteiger partial charge in [-0.25, -0.2) is 5.06 Å². The highest BCUT2D eigenvalue weighted by Crippen LogP contribution is 2.23. The molecule has 0 bridgehead atoms. The molecule has 0 aliphatic carbocycles. The lowest BCUT2D eigenvalue weighted by Gasteiger charge is -2.28. The number of hydroxylamine groups is 1. The molecule has 0 atom stereocenters. The Balaban J connectivity index is 2.20. The lowest BCUT2D eigenvalue weighted by molar-refractivity contribution is 0.102. The van der Waals surface area contributed by atoms with Crippen LogP contribution in [-0.4, -0.2) is 5.54 Å². The van der Waals surface area contributed by atoms with Gasteiger partial charge in [-0.2, -0.15) is 0 Å². The third kappa shape index (κ3) is 3.72. The van der Waals surface area contributed by atoms with Crippen LogP contribution in [0.2, 0.25) is 0 Å². The minimum absolute atomic E-state index is 0.429. The van der Waals surface area contributed by atoms with Crippen molar-refractivity contribution in [3.8, 4) is 0 Å². The molecule has 0 amide bonds. The molecule has 0 unspecified atom stereocenters. The molecular weight excluding hydrogens is 246 g/mol. The Kier molecular flexibility index (Phi) is 4.26. The Labute approximate surface area is 120 Å². The Morgan fingerprint density at radius 1 is 0.850 bits per heavy atom. The van der Waals surface area contributed by atoms with E-state index in [1.54, 1.807) is 0 Å². The average molecular weight is 266 g/mol. The van der Waals surface area contributed by atoms with E-state index in [-0.39, 0.29) is 0 Å². The second-order valence-corrected chi connectivity index (χ2v) is 5.80. The van der Waals surface area contributed by atoms with E-state index in [0.29, 0.717) is 5.69 Å². The summed E-state index contributed by atoms with van der Waals surface area (Å²) in [6, 6.07) is 17.8. The van der Waals surface area contributed by atoms with Crippen molar-refractivity contribution in [3.05, 3.63) is 65.7 Å². The molecular formula is C18H20NO. The van der Waals surface area contributed by atoms with Crippen molar-refractivity contribution < 1.29 is 5.21 Å². The van der Waals surface area contributed by atoms with Crippen molar-refractivity contribution in [2.24, 2.45) is 0 Å². The molecule has 0 saturated heterocycles. The standard InChI is InChI=1S/C18H20NO/c1-18(2,3)19(20)17-11-7-10-16(14-17)13-12-15-8-5-4-6-9-15/h4-14H,1-3H3/b13-12+. The second-order valence-electron chi connectivity index (χ2n) is 5.80. The van der Waals surface area contributed by atoms with Gasteiger partial charge < -0.3 is 0 Å². The zero-order valence-electron chi connectivity index (χ0n) is 12.2. The van der Waals surface area contributed by atoms with Crippen molar-refractivity contribution in [1.29, 1.82) is 0 Å². The van der Waals surface area contributed by atoms with Crippen molar-refractivity contribution >= 4 is 17.8 Å². The molecule has 1 radical (unpaired) electrons. The largest absolute Gasteiger partial charge is 0.215 e. The summed E-state index contributed by atoms with van der Waals surface area (Å²) in [6.07, 6.45) is 4.07. The summed E-state index contributed by atoms with van der Waals surface area (Å²) in [6.45, 7) is 5.73. The van der Waals surface area contributed by atoms with Gasteiger partial charge in [-0.1, -0.05) is 59.8 Å². The SMILES string of the molecule is CC(C)(C)N([O])c1cccc(/C=C/c2ccccc2)c1. The van der Waals surface area contributed by atoms with Gasteiger partial charge in [0, 0.05) is 0 Å². The van der Waals surface area contributed by atoms with Gasteiger partial charge in [-0.15, -0.1) is 0 Å². The molecule has 0 aromatic heterocycles. The number of rotatable bonds is 3. The highest BCUT2D eigenvalue weighted by Gasteiger charge is 2.21. The van der Waals surface area contributed by atoms with Crippen LogP contribution in [0.1, 0.15) is 31.9 Å². The van der Waals surface area contributed by atoms with Gasteiger partial charge in [0.15, 0.2) is 0 Å². The molecule has 0 aliphatic heterocycles. The van der Waals surface area contributed by atoms with E-state index in [1.807, 2.05) is 75.4 Å². The summed E-state index contributed by atoms with van der Waals surface area (Å²) in [5.74, 6) is 0. The normalized spacial score (nSPS) is 11.8. The molecule has 103 valence electrons. The zero-order chi connectivity index (χ0) is 14.6. The number of hydrogen-bond acceptors (Lipinski definition) is 1. The third-order valence-electron chi connectivity index (χ3n) is 2.98. The summed E-state index contributed by atoms with van der Waals surface area (Å²) in [4.78, 5) is 0. The summed E-state index contributed by atoms with van der Waals surface area (Å²) < 4.78 is 0. The molecule has 2 heteroatoms. The summed E-state index contributed by atoms with van der Waals surface area (Å²) in [5, 5.41) is 13.2. The van der Waals surface area contributed by atoms with Crippen LogP contribution < -0.4 is 5.06 Å². The van der Waals surface area contributed by atoms with Crippen LogP contribution >= 0.6 is 0 Å². The van der Waals surface area contributed by atoms with Crippen LogP contribution in [-0.2, 0) is 5.21 Å². The van der Waals surface area contributed by atoms with E-state index >= 15 is 0 Å². The fraction of sp³-hybridized carbons (Fsp3) is 0.222. The quantitative estimate of drug-likeness (QED) is 0.577. The van der Waals surface area contributed by atoms with Crippen LogP contribution in [0, 0.1) is 0 Å². The topological polar surface area (TPSA) is 23.1 Å². The number of nitrogens with zero attached hydrogens (tertiary/aromatic N) is 1. The lowest BCUT2D eigenvalue weighted by atomic mass is 10.1. The van der Waals surface area contributed by atoms with Crippen molar-refractivity contribution in [2.45, 2.75) is 26.3 Å². The van der Waals surface area contributed by atoms with E-state index in [4.69, 9.17) is 0 Å². The van der Waals surface area contributed by atoms with Crippen molar-refractivity contribution in [3.63, 3.8) is 0 Å². The van der Waals surface area contributed by atoms with Crippen molar-refractivity contribution in [1.82, 2.24) is 0 Å². The Morgan fingerprint density at radius 2 is 1.45 bits per heavy atom. The molecule has 2 aromatic rings. The molecule has 0 spiro atoms. The molecule has 0 fully saturated rings. The molecule has 0 aliphatic rings. The second kappa shape index (κ2) is 5.93. The van der Waals surface area contributed by atoms with Crippen LogP contribution in [0.15, 0.2) is 54.6 Å². The summed E-state index contributed by atoms with van der Waals surface area (Å²) >= 11 is 0. The van der Waals surface area contributed by atoms with Crippen LogP contribution in [0.5, 0.6) is 0 Å². The van der Waals surface area contributed by atoms with Gasteiger partial charge in [0.2, 0.25) is 0 Å². The van der Waals surface area contributed by atoms with Crippen LogP contribution in [0.25, 0.3) is 12.2 Å². The highest BCUT2D eigenvalue weighted by molar-refractivity contribution is 5.71. The monoisotopic (exact) mass is 266 g/mol. The van der Waals surface area contributed by atoms with Gasteiger partial charge in [0.1, 0.15) is 0 Å². The predicted molar refractivity (Wildman–Crippen MR) is 84.7 cm³/mol. The van der Waals surface area contributed by atoms with E-state index in [1.165, 1.54) is 0 Å². The number of anilines is 1. The Morgan fingerprint density at radius 3 is 2.10 bits per heavy atom. The third-order valence-corrected chi connectivity index (χ3v) is 2.98. The lowest BCUT2D eigenvalue weighted by Crippen LogP contribution is -2.37. The minimum Gasteiger partial charge on any atom is -0.215 e. The first kappa shape index (κ1) is 14.4. The van der Waals surface area contributed by atoms with Gasteiger partial charge in [0.25, 0.3) is 0 Å². The number of benzene rings is 2. The maximum atomic E-state index is 12.2. The van der Waals surface area contributed by atoms with Gasteiger partial charge in [-0.05, 0) is 44.0 Å². The minimum atomic E-state index is -0.429. The van der Waals surface area contributed by atoms with E-state index in [2.05, 4.69) is 12.1 Å². The van der Waals surface area contributed by atoms with Gasteiger partial charge in [0.05, 0.1) is 11.2 Å². The van der Waals surface area contributed by atoms with Gasteiger partial charge >= 0.3 is 0 Å². The van der Waals surface area contributed by atoms with E-state index in [0.717, 1.165) is 16.2 Å². The van der Waals surface area contributed by atoms with E-state index in [9.17, 15) is 5.21 Å².